The second-order valence-electron chi connectivity index (χ2n) is 20.6. The van der Waals surface area contributed by atoms with Gasteiger partial charge in [-0.3, -0.25) is 0 Å². The second kappa shape index (κ2) is 12.6. The van der Waals surface area contributed by atoms with Crippen LogP contribution in [0.2, 0.25) is 0 Å². The molecule has 12 saturated carbocycles. The summed E-state index contributed by atoms with van der Waals surface area (Å²) in [6, 6.07) is 0. The Morgan fingerprint density at radius 1 is 0.333 bits per heavy atom. The van der Waals surface area contributed by atoms with E-state index in [9.17, 15) is 0 Å². The third-order valence-electron chi connectivity index (χ3n) is 16.8. The van der Waals surface area contributed by atoms with E-state index in [-0.39, 0.29) is 40.1 Å². The fourth-order valence-corrected chi connectivity index (χ4v) is 14.8. The summed E-state index contributed by atoms with van der Waals surface area (Å²) in [5.41, 5.74) is 2.26. The molecule has 0 spiro atoms. The first-order valence-electron chi connectivity index (χ1n) is 18.6. The van der Waals surface area contributed by atoms with Crippen molar-refractivity contribution in [2.75, 3.05) is 0 Å². The molecule has 8 bridgehead atoms. The molecule has 0 aliphatic heterocycles. The van der Waals surface area contributed by atoms with Crippen molar-refractivity contribution in [1.29, 1.82) is 0 Å². The van der Waals surface area contributed by atoms with Gasteiger partial charge in [0, 0.05) is 0 Å². The van der Waals surface area contributed by atoms with Crippen LogP contribution < -0.4 is 0 Å². The smallest absolute Gasteiger partial charge is 0.786 e. The van der Waals surface area contributed by atoms with Crippen LogP contribution in [0.3, 0.4) is 0 Å². The molecule has 0 saturated heterocycles. The maximum absolute atomic E-state index is 5.60. The van der Waals surface area contributed by atoms with Crippen molar-refractivity contribution in [3.8, 4) is 0 Å². The van der Waals surface area contributed by atoms with Crippen LogP contribution in [0, 0.1) is 69.0 Å². The monoisotopic (exact) mass is 871 g/mol. The van der Waals surface area contributed by atoms with Crippen LogP contribution in [-0.2, 0) is 71.6 Å². The molecule has 12 aliphatic rings. The van der Waals surface area contributed by atoms with E-state index < -0.39 is 0 Å². The molecule has 12 aliphatic carbocycles. The topological polar surface area (TPSA) is 0 Å². The van der Waals surface area contributed by atoms with E-state index in [2.05, 4.69) is 83.1 Å². The zero-order valence-corrected chi connectivity index (χ0v) is 36.6. The number of hydrogen-bond acceptors (Lipinski definition) is 4. The third kappa shape index (κ3) is 6.88. The second-order valence-corrected chi connectivity index (χ2v) is 24.4. The molecule has 0 nitrogen and oxygen atoms in total. The Balaban J connectivity index is 0.000000136. The molecule has 12 fully saturated rings. The van der Waals surface area contributed by atoms with Gasteiger partial charge in [0.1, 0.15) is 0 Å². The molecule has 0 heterocycles. The van der Waals surface area contributed by atoms with Crippen LogP contribution in [0.1, 0.15) is 160 Å². The van der Waals surface area contributed by atoms with Gasteiger partial charge in [0.25, 0.3) is 0 Å². The van der Waals surface area contributed by atoms with Gasteiger partial charge in [-0.2, -0.15) is 19.0 Å². The maximum Gasteiger partial charge on any atom is 4.00 e. The summed E-state index contributed by atoms with van der Waals surface area (Å²) < 4.78 is 0.882. The minimum absolute atomic E-state index is 0. The summed E-state index contributed by atoms with van der Waals surface area (Å²) in [5, 5.41) is 0. The molecule has 5 heteroatoms. The van der Waals surface area contributed by atoms with Crippen molar-refractivity contribution < 1.29 is 21.1 Å². The summed E-state index contributed by atoms with van der Waals surface area (Å²) in [5.74, 6) is 7.25. The Kier molecular flexibility index (Phi) is 11.2. The van der Waals surface area contributed by atoms with Gasteiger partial charge < -0.3 is 50.5 Å². The van der Waals surface area contributed by atoms with Crippen LogP contribution in [0.4, 0.5) is 0 Å². The van der Waals surface area contributed by atoms with Crippen molar-refractivity contribution in [2.45, 2.75) is 179 Å². The van der Waals surface area contributed by atoms with Crippen molar-refractivity contribution in [1.82, 2.24) is 0 Å². The molecule has 0 N–H and O–H groups in total. The molecule has 0 aromatic rings. The fourth-order valence-electron chi connectivity index (χ4n) is 12.7. The third-order valence-corrected chi connectivity index (χ3v) is 18.7. The Morgan fingerprint density at radius 3 is 0.556 bits per heavy atom. The molecule has 0 aromatic heterocycles. The van der Waals surface area contributed by atoms with Gasteiger partial charge in [-0.25, -0.2) is 0 Å². The summed E-state index contributed by atoms with van der Waals surface area (Å²) >= 11 is 22.4. The van der Waals surface area contributed by atoms with Crippen LogP contribution in [-0.4, -0.2) is 19.0 Å². The standard InChI is InChI=1S/4C10H18S.Pt/c4*1-9(2)7-4-5-10(3,11)8(9)6-7;/h4*7-8,11H,4-6H2,1-3H3;/q;;;;+4/p-4. The van der Waals surface area contributed by atoms with E-state index in [0.29, 0.717) is 21.7 Å². The minimum Gasteiger partial charge on any atom is -0.786 e. The minimum atomic E-state index is 0. The Hall–Kier alpha value is 2.09. The Bertz CT molecular complexity index is 860. The molecular formula is C40H68PtS4. The van der Waals surface area contributed by atoms with Gasteiger partial charge in [-0.1, -0.05) is 158 Å². The average Bonchev–Trinajstić information content (AvgIpc) is 2.86. The summed E-state index contributed by atoms with van der Waals surface area (Å²) in [4.78, 5) is 0. The largest absolute Gasteiger partial charge is 4.00 e. The normalized spacial score (nSPS) is 52.3. The predicted molar refractivity (Wildman–Crippen MR) is 202 cm³/mol. The van der Waals surface area contributed by atoms with Gasteiger partial charge in [0.05, 0.1) is 0 Å². The van der Waals surface area contributed by atoms with E-state index in [1.807, 2.05) is 0 Å². The van der Waals surface area contributed by atoms with E-state index >= 15 is 0 Å². The van der Waals surface area contributed by atoms with Gasteiger partial charge in [0.2, 0.25) is 0 Å². The Labute approximate surface area is 317 Å². The van der Waals surface area contributed by atoms with Crippen molar-refractivity contribution in [3.05, 3.63) is 0 Å². The molecule has 12 unspecified atom stereocenters. The number of rotatable bonds is 0. The zero-order valence-electron chi connectivity index (χ0n) is 31.1. The van der Waals surface area contributed by atoms with Gasteiger partial charge in [0.15, 0.2) is 0 Å². The average molecular weight is 872 g/mol. The fraction of sp³-hybridized carbons (Fsp3) is 1.00. The number of fused-ring (bicyclic) bond motifs is 8. The predicted octanol–water partition coefficient (Wildman–Crippen LogP) is 11.0. The quantitative estimate of drug-likeness (QED) is 0.222. The first kappa shape index (κ1) is 39.9. The maximum atomic E-state index is 5.60. The first-order chi connectivity index (χ1) is 19.8. The molecule has 12 rings (SSSR count). The first-order valence-corrected chi connectivity index (χ1v) is 20.2. The van der Waals surface area contributed by atoms with Gasteiger partial charge >= 0.3 is 21.1 Å². The van der Waals surface area contributed by atoms with Crippen LogP contribution in [0.5, 0.6) is 0 Å². The molecule has 45 heavy (non-hydrogen) atoms. The van der Waals surface area contributed by atoms with Gasteiger partial charge in [-0.05, 0) is 71.0 Å². The summed E-state index contributed by atoms with van der Waals surface area (Å²) in [6.07, 6.45) is 16.3. The van der Waals surface area contributed by atoms with E-state index in [4.69, 9.17) is 50.5 Å². The zero-order chi connectivity index (χ0) is 33.1. The van der Waals surface area contributed by atoms with Crippen molar-refractivity contribution in [3.63, 3.8) is 0 Å². The molecule has 12 atom stereocenters. The van der Waals surface area contributed by atoms with E-state index in [0.717, 1.165) is 47.3 Å². The van der Waals surface area contributed by atoms with Crippen LogP contribution in [0.25, 0.3) is 0 Å². The van der Waals surface area contributed by atoms with Crippen molar-refractivity contribution in [2.24, 2.45) is 69.0 Å². The summed E-state index contributed by atoms with van der Waals surface area (Å²) in [6.45, 7) is 28.3. The van der Waals surface area contributed by atoms with Crippen LogP contribution >= 0.6 is 0 Å². The van der Waals surface area contributed by atoms with E-state index in [1.54, 1.807) is 0 Å². The molecular weight excluding hydrogens is 804 g/mol. The molecule has 0 radical (unpaired) electrons. The van der Waals surface area contributed by atoms with Crippen LogP contribution in [0.15, 0.2) is 0 Å². The molecule has 0 aromatic carbocycles. The Morgan fingerprint density at radius 2 is 0.489 bits per heavy atom. The molecule has 0 amide bonds. The molecule has 262 valence electrons. The van der Waals surface area contributed by atoms with Crippen molar-refractivity contribution >= 4 is 50.5 Å². The van der Waals surface area contributed by atoms with Gasteiger partial charge in [-0.15, -0.1) is 0 Å². The summed E-state index contributed by atoms with van der Waals surface area (Å²) in [7, 11) is 0. The SMILES string of the molecule is CC1([S-])CCC2CC1C2(C)C.CC1([S-])CCC2CC1C2(C)C.CC1([S-])CCC2CC1C2(C)C.CC1([S-])CCC2CC1C2(C)C.[Pt+4]. The van der Waals surface area contributed by atoms with E-state index in [1.165, 1.54) is 77.0 Å². The number of hydrogen-bond donors (Lipinski definition) is 0.